The van der Waals surface area contributed by atoms with Gasteiger partial charge in [0.05, 0.1) is 12.7 Å². The summed E-state index contributed by atoms with van der Waals surface area (Å²) in [5.74, 6) is -0.0196. The number of rotatable bonds is 5. The Hall–Kier alpha value is -1.13. The van der Waals surface area contributed by atoms with Gasteiger partial charge in [-0.3, -0.25) is 0 Å². The van der Waals surface area contributed by atoms with Crippen molar-refractivity contribution in [3.63, 3.8) is 0 Å². The fourth-order valence-electron chi connectivity index (χ4n) is 1.21. The third kappa shape index (κ3) is 3.49. The molecule has 0 fully saturated rings. The minimum Gasteiger partial charge on any atom is -0.491 e. The number of hydrogen-bond acceptors (Lipinski definition) is 3. The molecule has 0 aliphatic rings. The zero-order valence-corrected chi connectivity index (χ0v) is 8.87. The third-order valence-electron chi connectivity index (χ3n) is 1.97. The quantitative estimate of drug-likeness (QED) is 0.761. The highest BCUT2D eigenvalue weighted by molar-refractivity contribution is 5.35. The molecule has 1 N–H and O–H groups in total. The van der Waals surface area contributed by atoms with Crippen LogP contribution in [0.2, 0.25) is 0 Å². The van der Waals surface area contributed by atoms with Crippen LogP contribution >= 0.6 is 0 Å². The molecule has 15 heavy (non-hydrogen) atoms. The van der Waals surface area contributed by atoms with E-state index in [9.17, 15) is 9.50 Å². The average molecular weight is 214 g/mol. The Labute approximate surface area is 88.4 Å². The Morgan fingerprint density at radius 2 is 2.13 bits per heavy atom. The van der Waals surface area contributed by atoms with Crippen molar-refractivity contribution in [3.05, 3.63) is 29.6 Å². The van der Waals surface area contributed by atoms with Crippen LogP contribution in [0.1, 0.15) is 18.6 Å². The molecule has 3 nitrogen and oxygen atoms in total. The van der Waals surface area contributed by atoms with Crippen LogP contribution < -0.4 is 4.74 Å². The van der Waals surface area contributed by atoms with E-state index in [2.05, 4.69) is 0 Å². The molecule has 0 radical (unpaired) electrons. The van der Waals surface area contributed by atoms with Crippen molar-refractivity contribution in [1.29, 1.82) is 0 Å². The molecule has 1 aromatic carbocycles. The first-order chi connectivity index (χ1) is 7.15. The first-order valence-electron chi connectivity index (χ1n) is 4.74. The van der Waals surface area contributed by atoms with E-state index in [0.717, 1.165) is 0 Å². The summed E-state index contributed by atoms with van der Waals surface area (Å²) in [4.78, 5) is 0. The van der Waals surface area contributed by atoms with Crippen LogP contribution in [-0.4, -0.2) is 25.4 Å². The molecule has 0 amide bonds. The second-order valence-electron chi connectivity index (χ2n) is 3.20. The van der Waals surface area contributed by atoms with Crippen molar-refractivity contribution in [1.82, 2.24) is 0 Å². The molecule has 0 saturated heterocycles. The SMILES string of the molecule is COCCOc1cc(F)ccc1[C@H](C)O. The topological polar surface area (TPSA) is 38.7 Å². The molecule has 0 saturated carbocycles. The summed E-state index contributed by atoms with van der Waals surface area (Å²) >= 11 is 0. The Morgan fingerprint density at radius 3 is 2.73 bits per heavy atom. The predicted molar refractivity (Wildman–Crippen MR) is 54.4 cm³/mol. The van der Waals surface area contributed by atoms with Crippen LogP contribution in [-0.2, 0) is 4.74 Å². The van der Waals surface area contributed by atoms with Gasteiger partial charge in [-0.25, -0.2) is 4.39 Å². The highest BCUT2D eigenvalue weighted by Crippen LogP contribution is 2.25. The molecule has 84 valence electrons. The number of ether oxygens (including phenoxy) is 2. The predicted octanol–water partition coefficient (Wildman–Crippen LogP) is 1.90. The van der Waals surface area contributed by atoms with Gasteiger partial charge in [0.2, 0.25) is 0 Å². The zero-order chi connectivity index (χ0) is 11.3. The van der Waals surface area contributed by atoms with Gasteiger partial charge in [0, 0.05) is 18.7 Å². The highest BCUT2D eigenvalue weighted by atomic mass is 19.1. The van der Waals surface area contributed by atoms with Crippen molar-refractivity contribution in [3.8, 4) is 5.75 Å². The minimum atomic E-state index is -0.678. The summed E-state index contributed by atoms with van der Waals surface area (Å²) < 4.78 is 23.0. The highest BCUT2D eigenvalue weighted by Gasteiger charge is 2.09. The fourth-order valence-corrected chi connectivity index (χ4v) is 1.21. The van der Waals surface area contributed by atoms with E-state index in [1.165, 1.54) is 18.2 Å². The Bertz CT molecular complexity index is 313. The van der Waals surface area contributed by atoms with E-state index in [1.54, 1.807) is 14.0 Å². The Balaban J connectivity index is 2.77. The molecule has 0 unspecified atom stereocenters. The lowest BCUT2D eigenvalue weighted by atomic mass is 10.1. The molecule has 0 heterocycles. The van der Waals surface area contributed by atoms with Gasteiger partial charge in [-0.05, 0) is 19.1 Å². The van der Waals surface area contributed by atoms with Gasteiger partial charge in [0.15, 0.2) is 0 Å². The summed E-state index contributed by atoms with van der Waals surface area (Å²) in [5, 5.41) is 9.42. The summed E-state index contributed by atoms with van der Waals surface area (Å²) in [7, 11) is 1.56. The second kappa shape index (κ2) is 5.68. The number of aliphatic hydroxyl groups is 1. The lowest BCUT2D eigenvalue weighted by molar-refractivity contribution is 0.140. The smallest absolute Gasteiger partial charge is 0.128 e. The molecular formula is C11H15FO3. The summed E-state index contributed by atoms with van der Waals surface area (Å²) in [6, 6.07) is 4.07. The molecule has 0 aliphatic heterocycles. The van der Waals surface area contributed by atoms with Crippen LogP contribution in [0.15, 0.2) is 18.2 Å². The van der Waals surface area contributed by atoms with Gasteiger partial charge in [0.25, 0.3) is 0 Å². The first-order valence-corrected chi connectivity index (χ1v) is 4.74. The van der Waals surface area contributed by atoms with E-state index in [-0.39, 0.29) is 5.82 Å². The van der Waals surface area contributed by atoms with E-state index in [4.69, 9.17) is 9.47 Å². The van der Waals surface area contributed by atoms with Crippen LogP contribution in [0.25, 0.3) is 0 Å². The summed E-state index contributed by atoms with van der Waals surface area (Å²) in [6.07, 6.45) is -0.678. The van der Waals surface area contributed by atoms with Crippen LogP contribution in [0.3, 0.4) is 0 Å². The van der Waals surface area contributed by atoms with Gasteiger partial charge in [-0.15, -0.1) is 0 Å². The van der Waals surface area contributed by atoms with E-state index in [0.29, 0.717) is 24.5 Å². The minimum absolute atomic E-state index is 0.333. The maximum absolute atomic E-state index is 12.9. The van der Waals surface area contributed by atoms with Crippen molar-refractivity contribution >= 4 is 0 Å². The zero-order valence-electron chi connectivity index (χ0n) is 8.87. The summed E-state index contributed by atoms with van der Waals surface area (Å²) in [5.41, 5.74) is 0.576. The first kappa shape index (κ1) is 11.9. The van der Waals surface area contributed by atoms with Crippen molar-refractivity contribution in [2.45, 2.75) is 13.0 Å². The van der Waals surface area contributed by atoms with Gasteiger partial charge < -0.3 is 14.6 Å². The maximum Gasteiger partial charge on any atom is 0.128 e. The monoisotopic (exact) mass is 214 g/mol. The largest absolute Gasteiger partial charge is 0.491 e. The maximum atomic E-state index is 12.9. The third-order valence-corrected chi connectivity index (χ3v) is 1.97. The van der Waals surface area contributed by atoms with Crippen molar-refractivity contribution in [2.24, 2.45) is 0 Å². The molecule has 0 aromatic heterocycles. The fraction of sp³-hybridized carbons (Fsp3) is 0.455. The van der Waals surface area contributed by atoms with Gasteiger partial charge >= 0.3 is 0 Å². The molecule has 4 heteroatoms. The van der Waals surface area contributed by atoms with Crippen LogP contribution in [0.5, 0.6) is 5.75 Å². The summed E-state index contributed by atoms with van der Waals surface area (Å²) in [6.45, 7) is 2.37. The van der Waals surface area contributed by atoms with Crippen LogP contribution in [0.4, 0.5) is 4.39 Å². The molecule has 0 bridgehead atoms. The Morgan fingerprint density at radius 1 is 1.40 bits per heavy atom. The molecule has 0 spiro atoms. The van der Waals surface area contributed by atoms with Gasteiger partial charge in [0.1, 0.15) is 18.2 Å². The molecule has 1 rings (SSSR count). The van der Waals surface area contributed by atoms with Gasteiger partial charge in [-0.2, -0.15) is 0 Å². The molecular weight excluding hydrogens is 199 g/mol. The molecule has 0 aliphatic carbocycles. The van der Waals surface area contributed by atoms with E-state index < -0.39 is 6.10 Å². The van der Waals surface area contributed by atoms with E-state index in [1.807, 2.05) is 0 Å². The number of aliphatic hydroxyl groups excluding tert-OH is 1. The lowest BCUT2D eigenvalue weighted by Crippen LogP contribution is -2.07. The van der Waals surface area contributed by atoms with Crippen molar-refractivity contribution < 1.29 is 19.0 Å². The molecule has 1 aromatic rings. The number of hydrogen-bond donors (Lipinski definition) is 1. The Kier molecular flexibility index (Phi) is 4.52. The average Bonchev–Trinajstić information content (AvgIpc) is 2.18. The second-order valence-corrected chi connectivity index (χ2v) is 3.20. The van der Waals surface area contributed by atoms with Crippen LogP contribution in [0, 0.1) is 5.82 Å². The lowest BCUT2D eigenvalue weighted by Gasteiger charge is -2.13. The van der Waals surface area contributed by atoms with E-state index >= 15 is 0 Å². The normalized spacial score (nSPS) is 12.5. The van der Waals surface area contributed by atoms with Crippen molar-refractivity contribution in [2.75, 3.05) is 20.3 Å². The molecule has 1 atom stereocenters. The van der Waals surface area contributed by atoms with Gasteiger partial charge in [-0.1, -0.05) is 0 Å². The number of halogens is 1. The standard InChI is InChI=1S/C11H15FO3/c1-8(13)10-4-3-9(12)7-11(10)15-6-5-14-2/h3-4,7-8,13H,5-6H2,1-2H3/t8-/m0/s1. The number of benzene rings is 1. The number of methoxy groups -OCH3 is 1.